The molecule has 0 aliphatic heterocycles. The number of nitrogens with one attached hydrogen (secondary N) is 3. The average molecular weight is 476 g/mol. The van der Waals surface area contributed by atoms with Gasteiger partial charge >= 0.3 is 0 Å². The molecule has 1 saturated carbocycles. The average Bonchev–Trinajstić information content (AvgIpc) is 3.51. The lowest BCUT2D eigenvalue weighted by Crippen LogP contribution is -2.34. The summed E-state index contributed by atoms with van der Waals surface area (Å²) in [5.74, 6) is 0.272. The van der Waals surface area contributed by atoms with Crippen molar-refractivity contribution < 1.29 is 14.3 Å². The molecular formula is C21H22BrN3O3S. The van der Waals surface area contributed by atoms with Crippen LogP contribution in [0.15, 0.2) is 40.9 Å². The highest BCUT2D eigenvalue weighted by Gasteiger charge is 2.29. The van der Waals surface area contributed by atoms with Gasteiger partial charge in [-0.05, 0) is 74.8 Å². The molecule has 3 rings (SSSR count). The Hall–Kier alpha value is -2.45. The number of anilines is 2. The molecule has 0 radical (unpaired) electrons. The maximum atomic E-state index is 12.6. The Bertz CT molecular complexity index is 960. The predicted octanol–water partition coefficient (Wildman–Crippen LogP) is 4.63. The number of carbonyl (C=O) groups excluding carboxylic acids is 2. The number of halogens is 1. The molecule has 1 aliphatic rings. The smallest absolute Gasteiger partial charge is 0.261 e. The van der Waals surface area contributed by atoms with Crippen LogP contribution < -0.4 is 20.7 Å². The van der Waals surface area contributed by atoms with E-state index in [1.807, 2.05) is 32.0 Å². The van der Waals surface area contributed by atoms with Gasteiger partial charge in [-0.1, -0.05) is 22.0 Å². The number of carbonyl (C=O) groups is 2. The van der Waals surface area contributed by atoms with Gasteiger partial charge in [-0.3, -0.25) is 14.9 Å². The maximum absolute atomic E-state index is 12.6. The van der Waals surface area contributed by atoms with E-state index in [4.69, 9.17) is 17.0 Å². The molecule has 0 spiro atoms. The number of rotatable bonds is 6. The minimum absolute atomic E-state index is 0.0410. The van der Waals surface area contributed by atoms with Gasteiger partial charge in [0.1, 0.15) is 5.75 Å². The van der Waals surface area contributed by atoms with Gasteiger partial charge in [0.15, 0.2) is 5.11 Å². The van der Waals surface area contributed by atoms with Crippen molar-refractivity contribution in [2.75, 3.05) is 17.2 Å². The maximum Gasteiger partial charge on any atom is 0.261 e. The second kappa shape index (κ2) is 9.37. The van der Waals surface area contributed by atoms with Crippen molar-refractivity contribution in [3.05, 3.63) is 52.0 Å². The zero-order valence-electron chi connectivity index (χ0n) is 16.2. The molecule has 152 valence electrons. The first-order valence-electron chi connectivity index (χ1n) is 9.33. The van der Waals surface area contributed by atoms with E-state index in [0.717, 1.165) is 28.6 Å². The Morgan fingerprint density at radius 2 is 1.93 bits per heavy atom. The number of hydrogen-bond acceptors (Lipinski definition) is 4. The minimum atomic E-state index is -0.373. The first-order chi connectivity index (χ1) is 13.9. The van der Waals surface area contributed by atoms with E-state index in [2.05, 4.69) is 31.9 Å². The fourth-order valence-electron chi connectivity index (χ4n) is 2.71. The normalized spacial score (nSPS) is 12.8. The van der Waals surface area contributed by atoms with Crippen molar-refractivity contribution >= 4 is 56.4 Å². The van der Waals surface area contributed by atoms with Gasteiger partial charge in [0.25, 0.3) is 5.91 Å². The van der Waals surface area contributed by atoms with Crippen LogP contribution in [0, 0.1) is 12.8 Å². The number of ether oxygens (including phenoxy) is 1. The van der Waals surface area contributed by atoms with Crippen molar-refractivity contribution in [1.82, 2.24) is 5.32 Å². The fraction of sp³-hybridized carbons (Fsp3) is 0.286. The van der Waals surface area contributed by atoms with E-state index in [9.17, 15) is 9.59 Å². The van der Waals surface area contributed by atoms with Gasteiger partial charge in [-0.15, -0.1) is 0 Å². The van der Waals surface area contributed by atoms with Gasteiger partial charge in [0.2, 0.25) is 5.91 Å². The first kappa shape index (κ1) is 21.3. The number of amides is 2. The van der Waals surface area contributed by atoms with Crippen molar-refractivity contribution in [3.63, 3.8) is 0 Å². The topological polar surface area (TPSA) is 79.5 Å². The lowest BCUT2D eigenvalue weighted by molar-refractivity contribution is -0.117. The van der Waals surface area contributed by atoms with Crippen LogP contribution in [-0.2, 0) is 4.79 Å². The third-order valence-electron chi connectivity index (χ3n) is 4.41. The largest absolute Gasteiger partial charge is 0.493 e. The van der Waals surface area contributed by atoms with Crippen LogP contribution in [-0.4, -0.2) is 23.5 Å². The summed E-state index contributed by atoms with van der Waals surface area (Å²) in [6.07, 6.45) is 1.89. The summed E-state index contributed by atoms with van der Waals surface area (Å²) in [6, 6.07) is 10.7. The van der Waals surface area contributed by atoms with Crippen molar-refractivity contribution in [2.24, 2.45) is 5.92 Å². The second-order valence-electron chi connectivity index (χ2n) is 6.77. The summed E-state index contributed by atoms with van der Waals surface area (Å²) in [4.78, 5) is 24.7. The SMILES string of the molecule is CCOc1ccc(Br)cc1C(=O)NC(=S)Nc1ccc(C)c(NC(=O)C2CC2)c1. The van der Waals surface area contributed by atoms with Crippen molar-refractivity contribution in [2.45, 2.75) is 26.7 Å². The molecule has 2 amide bonds. The highest BCUT2D eigenvalue weighted by Crippen LogP contribution is 2.31. The molecule has 0 atom stereocenters. The van der Waals surface area contributed by atoms with Crippen molar-refractivity contribution in [1.29, 1.82) is 0 Å². The molecule has 29 heavy (non-hydrogen) atoms. The summed E-state index contributed by atoms with van der Waals surface area (Å²) < 4.78 is 6.28. The lowest BCUT2D eigenvalue weighted by atomic mass is 10.1. The second-order valence-corrected chi connectivity index (χ2v) is 8.10. The zero-order chi connectivity index (χ0) is 21.0. The molecule has 8 heteroatoms. The molecule has 0 unspecified atom stereocenters. The summed E-state index contributed by atoms with van der Waals surface area (Å²) in [5.41, 5.74) is 2.74. The monoisotopic (exact) mass is 475 g/mol. The molecule has 6 nitrogen and oxygen atoms in total. The van der Waals surface area contributed by atoms with E-state index in [1.165, 1.54) is 0 Å². The number of thiocarbonyl (C=S) groups is 1. The van der Waals surface area contributed by atoms with Crippen molar-refractivity contribution in [3.8, 4) is 5.75 Å². The number of benzene rings is 2. The summed E-state index contributed by atoms with van der Waals surface area (Å²) in [6.45, 7) is 4.23. The van der Waals surface area contributed by atoms with E-state index in [1.54, 1.807) is 18.2 Å². The Morgan fingerprint density at radius 3 is 2.62 bits per heavy atom. The standard InChI is InChI=1S/C21H22BrN3O3S/c1-3-28-18-9-7-14(22)10-16(18)20(27)25-21(29)23-15-8-4-12(2)17(11-15)24-19(26)13-5-6-13/h4,7-11,13H,3,5-6H2,1-2H3,(H,24,26)(H2,23,25,27,29). The van der Waals surface area contributed by atoms with Crippen LogP contribution in [0.3, 0.4) is 0 Å². The molecule has 1 fully saturated rings. The van der Waals surface area contributed by atoms with Gasteiger partial charge in [-0.2, -0.15) is 0 Å². The Balaban J connectivity index is 1.67. The highest BCUT2D eigenvalue weighted by molar-refractivity contribution is 9.10. The number of aryl methyl sites for hydroxylation is 1. The molecule has 0 saturated heterocycles. The predicted molar refractivity (Wildman–Crippen MR) is 122 cm³/mol. The first-order valence-corrected chi connectivity index (χ1v) is 10.5. The van der Waals surface area contributed by atoms with Gasteiger partial charge in [0, 0.05) is 21.8 Å². The highest BCUT2D eigenvalue weighted by atomic mass is 79.9. The van der Waals surface area contributed by atoms with E-state index >= 15 is 0 Å². The van der Waals surface area contributed by atoms with E-state index in [0.29, 0.717) is 23.6 Å². The molecule has 0 aromatic heterocycles. The summed E-state index contributed by atoms with van der Waals surface area (Å²) in [5, 5.41) is 8.76. The van der Waals surface area contributed by atoms with Crippen LogP contribution in [0.4, 0.5) is 11.4 Å². The van der Waals surface area contributed by atoms with Crippen LogP contribution in [0.1, 0.15) is 35.7 Å². The van der Waals surface area contributed by atoms with Gasteiger partial charge < -0.3 is 15.4 Å². The molecule has 2 aromatic carbocycles. The minimum Gasteiger partial charge on any atom is -0.493 e. The lowest BCUT2D eigenvalue weighted by Gasteiger charge is -2.14. The molecule has 0 bridgehead atoms. The fourth-order valence-corrected chi connectivity index (χ4v) is 3.28. The summed E-state index contributed by atoms with van der Waals surface area (Å²) in [7, 11) is 0. The van der Waals surface area contributed by atoms with Crippen LogP contribution in [0.5, 0.6) is 5.75 Å². The Labute approximate surface area is 183 Å². The molecular weight excluding hydrogens is 454 g/mol. The quantitative estimate of drug-likeness (QED) is 0.530. The Kier molecular flexibility index (Phi) is 6.87. The third kappa shape index (κ3) is 5.77. The van der Waals surface area contributed by atoms with E-state index < -0.39 is 0 Å². The zero-order valence-corrected chi connectivity index (χ0v) is 18.6. The van der Waals surface area contributed by atoms with Crippen LogP contribution >= 0.6 is 28.1 Å². The van der Waals surface area contributed by atoms with Crippen LogP contribution in [0.25, 0.3) is 0 Å². The van der Waals surface area contributed by atoms with Gasteiger partial charge in [-0.25, -0.2) is 0 Å². The number of hydrogen-bond donors (Lipinski definition) is 3. The van der Waals surface area contributed by atoms with Crippen LogP contribution in [0.2, 0.25) is 0 Å². The molecule has 2 aromatic rings. The third-order valence-corrected chi connectivity index (χ3v) is 5.11. The Morgan fingerprint density at radius 1 is 1.17 bits per heavy atom. The molecule has 3 N–H and O–H groups in total. The molecule has 0 heterocycles. The molecule has 1 aliphatic carbocycles. The van der Waals surface area contributed by atoms with E-state index in [-0.39, 0.29) is 22.8 Å². The van der Waals surface area contributed by atoms with Gasteiger partial charge in [0.05, 0.1) is 12.2 Å². The summed E-state index contributed by atoms with van der Waals surface area (Å²) >= 11 is 8.65.